The van der Waals surface area contributed by atoms with Crippen LogP contribution < -0.4 is 4.72 Å². The van der Waals surface area contributed by atoms with Gasteiger partial charge in [0.05, 0.1) is 22.8 Å². The van der Waals surface area contributed by atoms with Crippen molar-refractivity contribution in [1.82, 2.24) is 19.8 Å². The Morgan fingerprint density at radius 1 is 0.878 bits per heavy atom. The number of carbonyl (C=O) groups excluding carboxylic acids is 2. The lowest BCUT2D eigenvalue weighted by molar-refractivity contribution is -0.136. The number of hydrogen-bond acceptors (Lipinski definition) is 6. The van der Waals surface area contributed by atoms with Crippen LogP contribution in [-0.4, -0.2) is 66.2 Å². The Morgan fingerprint density at radius 3 is 2.32 bits per heavy atom. The summed E-state index contributed by atoms with van der Waals surface area (Å²) in [4.78, 5) is 38.4. The van der Waals surface area contributed by atoms with Gasteiger partial charge < -0.3 is 9.80 Å². The summed E-state index contributed by atoms with van der Waals surface area (Å²) in [5.74, 6) is -0.802. The number of nitrogens with zero attached hydrogens (tertiary/aromatic N) is 4. The number of fused-ring (bicyclic) bond motifs is 1. The molecule has 11 heteroatoms. The Morgan fingerprint density at radius 2 is 1.59 bits per heavy atom. The molecule has 0 radical (unpaired) electrons. The quantitative estimate of drug-likeness (QED) is 0.369. The van der Waals surface area contributed by atoms with Gasteiger partial charge in [0.2, 0.25) is 5.91 Å². The Balaban J connectivity index is 1.24. The van der Waals surface area contributed by atoms with Gasteiger partial charge in [0.25, 0.3) is 15.9 Å². The summed E-state index contributed by atoms with van der Waals surface area (Å²) in [5, 5.41) is 0.713. The summed E-state index contributed by atoms with van der Waals surface area (Å²) in [6, 6.07) is 17.6. The number of carbonyl (C=O) groups is 2. The van der Waals surface area contributed by atoms with Crippen molar-refractivity contribution >= 4 is 38.4 Å². The molecule has 41 heavy (non-hydrogen) atoms. The van der Waals surface area contributed by atoms with Crippen molar-refractivity contribution in [3.63, 3.8) is 0 Å². The minimum absolute atomic E-state index is 0.0674. The molecule has 0 aliphatic carbocycles. The van der Waals surface area contributed by atoms with Gasteiger partial charge in [-0.25, -0.2) is 12.8 Å². The van der Waals surface area contributed by atoms with Gasteiger partial charge in [0.15, 0.2) is 0 Å². The third-order valence-corrected chi connectivity index (χ3v) is 8.65. The van der Waals surface area contributed by atoms with Crippen LogP contribution in [0.5, 0.6) is 0 Å². The van der Waals surface area contributed by atoms with E-state index >= 15 is 0 Å². The van der Waals surface area contributed by atoms with Gasteiger partial charge in [0, 0.05) is 49.0 Å². The summed E-state index contributed by atoms with van der Waals surface area (Å²) >= 11 is 0. The van der Waals surface area contributed by atoms with E-state index in [2.05, 4.69) is 14.7 Å². The number of benzene rings is 2. The van der Waals surface area contributed by atoms with Gasteiger partial charge in [-0.15, -0.1) is 0 Å². The summed E-state index contributed by atoms with van der Waals surface area (Å²) in [5.41, 5.74) is 0.640. The van der Waals surface area contributed by atoms with Crippen LogP contribution in [0.15, 0.2) is 84.0 Å². The number of amides is 2. The molecule has 212 valence electrons. The van der Waals surface area contributed by atoms with Gasteiger partial charge in [-0.1, -0.05) is 18.2 Å². The molecule has 1 N–H and O–H groups in total. The first kappa shape index (κ1) is 28.2. The largest absolute Gasteiger partial charge is 0.340 e. The molecule has 9 nitrogen and oxygen atoms in total. The Labute approximate surface area is 238 Å². The predicted octanol–water partition coefficient (Wildman–Crippen LogP) is 4.22. The fourth-order valence-corrected chi connectivity index (χ4v) is 6.18. The first-order valence-electron chi connectivity index (χ1n) is 13.2. The molecule has 1 aliphatic heterocycles. The fraction of sp³-hybridized carbons (Fsp3) is 0.267. The zero-order chi connectivity index (χ0) is 29.2. The maximum atomic E-state index is 13.4. The molecule has 2 aromatic carbocycles. The molecular formula is C30H30FN5O4S. The number of aromatic nitrogens is 2. The van der Waals surface area contributed by atoms with Crippen LogP contribution in [0.2, 0.25) is 0 Å². The second kappa shape index (κ2) is 11.2. The molecule has 1 saturated heterocycles. The van der Waals surface area contributed by atoms with E-state index in [1.165, 1.54) is 18.2 Å². The van der Waals surface area contributed by atoms with E-state index in [-0.39, 0.29) is 16.7 Å². The molecule has 0 bridgehead atoms. The van der Waals surface area contributed by atoms with Crippen molar-refractivity contribution < 1.29 is 22.4 Å². The van der Waals surface area contributed by atoms with E-state index in [9.17, 15) is 22.4 Å². The van der Waals surface area contributed by atoms with Gasteiger partial charge in [-0.2, -0.15) is 0 Å². The molecule has 1 aliphatic rings. The van der Waals surface area contributed by atoms with Crippen molar-refractivity contribution in [2.45, 2.75) is 30.6 Å². The predicted molar refractivity (Wildman–Crippen MR) is 153 cm³/mol. The zero-order valence-corrected chi connectivity index (χ0v) is 23.6. The van der Waals surface area contributed by atoms with E-state index in [1.807, 2.05) is 0 Å². The number of nitrogens with one attached hydrogen (secondary N) is 1. The van der Waals surface area contributed by atoms with Crippen molar-refractivity contribution in [3.8, 4) is 0 Å². The second-order valence-electron chi connectivity index (χ2n) is 10.4. The molecule has 1 fully saturated rings. The maximum Gasteiger partial charge on any atom is 0.264 e. The maximum absolute atomic E-state index is 13.4. The minimum atomic E-state index is -3.92. The molecule has 0 saturated carbocycles. The first-order chi connectivity index (χ1) is 19.6. The lowest BCUT2D eigenvalue weighted by Crippen LogP contribution is -2.45. The summed E-state index contributed by atoms with van der Waals surface area (Å²) in [6.07, 6.45) is 3.25. The number of para-hydroxylation sites is 1. The van der Waals surface area contributed by atoms with Crippen LogP contribution in [0.1, 0.15) is 36.3 Å². The molecule has 3 heterocycles. The van der Waals surface area contributed by atoms with Gasteiger partial charge >= 0.3 is 0 Å². The van der Waals surface area contributed by atoms with Gasteiger partial charge in [-0.05, 0) is 68.8 Å². The SMILES string of the molecule is CC(C)(C(=O)N1CCCN(C(=O)c2ccc(NS(=O)(=O)c3cccc4cccnc34)cc2)CC1)c1ccc(F)cn1. The van der Waals surface area contributed by atoms with E-state index in [4.69, 9.17) is 0 Å². The van der Waals surface area contributed by atoms with Crippen LogP contribution in [0.25, 0.3) is 10.9 Å². The van der Waals surface area contributed by atoms with Crippen molar-refractivity contribution in [2.75, 3.05) is 30.9 Å². The van der Waals surface area contributed by atoms with Gasteiger partial charge in [-0.3, -0.25) is 24.3 Å². The summed E-state index contributed by atoms with van der Waals surface area (Å²) < 4.78 is 42.1. The number of hydrogen-bond donors (Lipinski definition) is 1. The Bertz CT molecular complexity index is 1690. The number of halogens is 1. The van der Waals surface area contributed by atoms with Crippen molar-refractivity contribution in [3.05, 3.63) is 96.2 Å². The molecule has 0 unspecified atom stereocenters. The molecule has 2 amide bonds. The van der Waals surface area contributed by atoms with E-state index in [0.29, 0.717) is 60.4 Å². The average molecular weight is 576 g/mol. The molecule has 5 rings (SSSR count). The highest BCUT2D eigenvalue weighted by molar-refractivity contribution is 7.93. The highest BCUT2D eigenvalue weighted by Crippen LogP contribution is 2.26. The second-order valence-corrected chi connectivity index (χ2v) is 12.1. The van der Waals surface area contributed by atoms with Crippen LogP contribution >= 0.6 is 0 Å². The van der Waals surface area contributed by atoms with Crippen LogP contribution in [0.3, 0.4) is 0 Å². The molecule has 4 aromatic rings. The first-order valence-corrected chi connectivity index (χ1v) is 14.7. The van der Waals surface area contributed by atoms with Crippen LogP contribution in [0.4, 0.5) is 10.1 Å². The number of anilines is 1. The highest BCUT2D eigenvalue weighted by atomic mass is 32.2. The normalized spacial score (nSPS) is 14.5. The standard InChI is InChI=1S/C30H30FN5O4S/c1-30(2,26-14-11-23(31)20-33-26)29(38)36-17-5-16-35(18-19-36)28(37)22-9-12-24(13-10-22)34-41(39,40)25-8-3-6-21-7-4-15-32-27(21)25/h3-4,6-15,20,34H,5,16-19H2,1-2H3. The number of rotatable bonds is 6. The Hall–Kier alpha value is -4.38. The summed E-state index contributed by atoms with van der Waals surface area (Å²) in [7, 11) is -3.92. The van der Waals surface area contributed by atoms with E-state index < -0.39 is 21.3 Å². The highest BCUT2D eigenvalue weighted by Gasteiger charge is 2.36. The van der Waals surface area contributed by atoms with Crippen molar-refractivity contribution in [2.24, 2.45) is 0 Å². The van der Waals surface area contributed by atoms with Crippen molar-refractivity contribution in [1.29, 1.82) is 0 Å². The van der Waals surface area contributed by atoms with Crippen LogP contribution in [-0.2, 0) is 20.2 Å². The summed E-state index contributed by atoms with van der Waals surface area (Å²) in [6.45, 7) is 5.18. The molecule has 0 atom stereocenters. The van der Waals surface area contributed by atoms with E-state index in [1.54, 1.807) is 78.4 Å². The number of sulfonamides is 1. The molecule has 0 spiro atoms. The van der Waals surface area contributed by atoms with Crippen LogP contribution in [0, 0.1) is 5.82 Å². The molecular weight excluding hydrogens is 545 g/mol. The topological polar surface area (TPSA) is 113 Å². The zero-order valence-electron chi connectivity index (χ0n) is 22.7. The monoisotopic (exact) mass is 575 g/mol. The minimum Gasteiger partial charge on any atom is -0.340 e. The van der Waals surface area contributed by atoms with Gasteiger partial charge in [0.1, 0.15) is 10.7 Å². The Kier molecular flexibility index (Phi) is 7.72. The smallest absolute Gasteiger partial charge is 0.264 e. The third kappa shape index (κ3) is 5.90. The molecule has 2 aromatic heterocycles. The van der Waals surface area contributed by atoms with E-state index in [0.717, 1.165) is 6.20 Å². The lowest BCUT2D eigenvalue weighted by atomic mass is 9.87. The number of pyridine rings is 2. The lowest BCUT2D eigenvalue weighted by Gasteiger charge is -2.31. The fourth-order valence-electron chi connectivity index (χ4n) is 4.94. The third-order valence-electron chi connectivity index (χ3n) is 7.24. The average Bonchev–Trinajstić information content (AvgIpc) is 3.23.